The van der Waals surface area contributed by atoms with Crippen molar-refractivity contribution < 1.29 is 4.74 Å². The van der Waals surface area contributed by atoms with Crippen molar-refractivity contribution in [3.05, 3.63) is 83.9 Å². The van der Waals surface area contributed by atoms with Gasteiger partial charge >= 0.3 is 0 Å². The zero-order valence-corrected chi connectivity index (χ0v) is 15.0. The van der Waals surface area contributed by atoms with Gasteiger partial charge in [-0.25, -0.2) is 0 Å². The first-order valence-corrected chi connectivity index (χ1v) is 8.71. The van der Waals surface area contributed by atoms with Gasteiger partial charge in [-0.3, -0.25) is 5.41 Å². The second-order valence-electron chi connectivity index (χ2n) is 6.38. The smallest absolute Gasteiger partial charge is 0.128 e. The van der Waals surface area contributed by atoms with Gasteiger partial charge in [-0.2, -0.15) is 5.10 Å². The average molecular weight is 369 g/mol. The zero-order valence-electron chi connectivity index (χ0n) is 15.0. The molecule has 0 bridgehead atoms. The summed E-state index contributed by atoms with van der Waals surface area (Å²) in [7, 11) is 0. The summed E-state index contributed by atoms with van der Waals surface area (Å²) in [6, 6.07) is 23.1. The molecule has 1 aromatic heterocycles. The summed E-state index contributed by atoms with van der Waals surface area (Å²) >= 11 is 0. The van der Waals surface area contributed by atoms with E-state index in [9.17, 15) is 0 Å². The number of nitrogen functional groups attached to an aromatic ring is 1. The summed E-state index contributed by atoms with van der Waals surface area (Å²) < 4.78 is 5.91. The van der Waals surface area contributed by atoms with Gasteiger partial charge in [0.25, 0.3) is 0 Å². The lowest BCUT2D eigenvalue weighted by atomic mass is 10.1. The highest BCUT2D eigenvalue weighted by molar-refractivity contribution is 5.99. The largest absolute Gasteiger partial charge is 0.457 e. The maximum Gasteiger partial charge on any atom is 0.128 e. The predicted molar refractivity (Wildman–Crippen MR) is 113 cm³/mol. The van der Waals surface area contributed by atoms with E-state index in [0.29, 0.717) is 11.3 Å². The number of nitrogens with two attached hydrogens (primary N) is 2. The van der Waals surface area contributed by atoms with Crippen molar-refractivity contribution in [1.29, 1.82) is 5.41 Å². The molecule has 0 aliphatic carbocycles. The number of fused-ring (bicyclic) bond motifs is 1. The number of H-pyrrole nitrogens is 1. The molecular weight excluding hydrogens is 350 g/mol. The fourth-order valence-corrected chi connectivity index (χ4v) is 3.03. The van der Waals surface area contributed by atoms with Gasteiger partial charge < -0.3 is 21.3 Å². The molecule has 138 valence electrons. The molecule has 0 aliphatic heterocycles. The van der Waals surface area contributed by atoms with Gasteiger partial charge in [0.15, 0.2) is 0 Å². The summed E-state index contributed by atoms with van der Waals surface area (Å²) in [4.78, 5) is 3.38. The second-order valence-corrected chi connectivity index (χ2v) is 6.38. The van der Waals surface area contributed by atoms with Crippen molar-refractivity contribution in [2.24, 2.45) is 16.7 Å². The number of nitrogens with zero attached hydrogens (tertiary/aromatic N) is 1. The number of hydrogen-bond donors (Lipinski definition) is 4. The molecule has 0 fully saturated rings. The highest BCUT2D eigenvalue weighted by Crippen LogP contribution is 2.28. The van der Waals surface area contributed by atoms with Crippen LogP contribution in [0.3, 0.4) is 0 Å². The summed E-state index contributed by atoms with van der Waals surface area (Å²) in [5.41, 5.74) is 10.1. The number of amidine groups is 1. The number of aromatic nitrogens is 1. The van der Waals surface area contributed by atoms with Gasteiger partial charge in [-0.05, 0) is 59.7 Å². The normalized spacial score (nSPS) is 11.1. The molecule has 0 radical (unpaired) electrons. The van der Waals surface area contributed by atoms with Gasteiger partial charge in [0.05, 0.1) is 6.21 Å². The molecule has 3 aromatic carbocycles. The number of rotatable bonds is 5. The van der Waals surface area contributed by atoms with Crippen LogP contribution in [0.15, 0.2) is 77.9 Å². The molecule has 6 nitrogen and oxygen atoms in total. The van der Waals surface area contributed by atoms with Crippen LogP contribution in [-0.2, 0) is 0 Å². The maximum absolute atomic E-state index is 7.57. The van der Waals surface area contributed by atoms with Gasteiger partial charge in [0.1, 0.15) is 17.3 Å². The van der Waals surface area contributed by atoms with Crippen LogP contribution >= 0.6 is 0 Å². The van der Waals surface area contributed by atoms with E-state index in [1.54, 1.807) is 6.21 Å². The summed E-state index contributed by atoms with van der Waals surface area (Å²) in [6.45, 7) is 0. The lowest BCUT2D eigenvalue weighted by molar-refractivity contribution is 0.482. The Bertz CT molecular complexity index is 1180. The highest BCUT2D eigenvalue weighted by atomic mass is 16.5. The van der Waals surface area contributed by atoms with E-state index < -0.39 is 0 Å². The van der Waals surface area contributed by atoms with Crippen LogP contribution in [0, 0.1) is 5.41 Å². The second kappa shape index (κ2) is 7.28. The lowest BCUT2D eigenvalue weighted by Gasteiger charge is -2.07. The molecule has 1 heterocycles. The molecule has 4 rings (SSSR count). The van der Waals surface area contributed by atoms with Crippen LogP contribution < -0.4 is 16.3 Å². The van der Waals surface area contributed by atoms with Crippen molar-refractivity contribution in [2.75, 3.05) is 0 Å². The first kappa shape index (κ1) is 17.4. The van der Waals surface area contributed by atoms with Crippen LogP contribution in [0.1, 0.15) is 11.1 Å². The Kier molecular flexibility index (Phi) is 4.51. The Morgan fingerprint density at radius 1 is 0.964 bits per heavy atom. The SMILES string of the molecule is N=C(N)c1ccc2cc(-c3ccc(Oc4cccc(C=NN)c4)cc3)[nH]c2c1. The van der Waals surface area contributed by atoms with Crippen LogP contribution in [0.2, 0.25) is 0 Å². The molecule has 28 heavy (non-hydrogen) atoms. The number of aromatic amines is 1. The summed E-state index contributed by atoms with van der Waals surface area (Å²) in [6.07, 6.45) is 1.57. The third-order valence-electron chi connectivity index (χ3n) is 4.42. The summed E-state index contributed by atoms with van der Waals surface area (Å²) in [5.74, 6) is 6.70. The van der Waals surface area contributed by atoms with E-state index in [2.05, 4.69) is 16.2 Å². The molecule has 0 atom stereocenters. The number of ether oxygens (including phenoxy) is 1. The van der Waals surface area contributed by atoms with Crippen LogP contribution in [0.5, 0.6) is 11.5 Å². The van der Waals surface area contributed by atoms with Gasteiger partial charge in [0.2, 0.25) is 0 Å². The fourth-order valence-electron chi connectivity index (χ4n) is 3.03. The quantitative estimate of drug-likeness (QED) is 0.183. The number of nitrogens with one attached hydrogen (secondary N) is 2. The monoisotopic (exact) mass is 369 g/mol. The third-order valence-corrected chi connectivity index (χ3v) is 4.42. The third kappa shape index (κ3) is 3.57. The predicted octanol–water partition coefficient (Wildman–Crippen LogP) is 4.20. The number of hydrazone groups is 1. The van der Waals surface area contributed by atoms with Gasteiger partial charge in [-0.1, -0.05) is 24.3 Å². The van der Waals surface area contributed by atoms with Gasteiger partial charge in [0, 0.05) is 22.2 Å². The minimum absolute atomic E-state index is 0.0568. The molecule has 0 amide bonds. The van der Waals surface area contributed by atoms with Crippen molar-refractivity contribution in [3.8, 4) is 22.8 Å². The summed E-state index contributed by atoms with van der Waals surface area (Å²) in [5, 5.41) is 12.2. The Hall–Kier alpha value is -4.06. The minimum Gasteiger partial charge on any atom is -0.457 e. The molecule has 0 spiro atoms. The maximum atomic E-state index is 7.57. The highest BCUT2D eigenvalue weighted by Gasteiger charge is 2.06. The van der Waals surface area contributed by atoms with E-state index in [1.807, 2.05) is 66.7 Å². The molecule has 4 aromatic rings. The number of benzene rings is 3. The molecule has 0 saturated heterocycles. The molecular formula is C22H19N5O. The minimum atomic E-state index is 0.0568. The first-order chi connectivity index (χ1) is 13.6. The van der Waals surface area contributed by atoms with Crippen molar-refractivity contribution in [3.63, 3.8) is 0 Å². The van der Waals surface area contributed by atoms with Crippen LogP contribution in [0.4, 0.5) is 0 Å². The zero-order chi connectivity index (χ0) is 19.5. The van der Waals surface area contributed by atoms with E-state index >= 15 is 0 Å². The van der Waals surface area contributed by atoms with E-state index in [1.165, 1.54) is 0 Å². The molecule has 0 aliphatic rings. The molecule has 6 N–H and O–H groups in total. The average Bonchev–Trinajstić information content (AvgIpc) is 3.12. The Balaban J connectivity index is 1.57. The van der Waals surface area contributed by atoms with Crippen LogP contribution in [0.25, 0.3) is 22.2 Å². The first-order valence-electron chi connectivity index (χ1n) is 8.71. The van der Waals surface area contributed by atoms with E-state index in [4.69, 9.17) is 21.7 Å². The molecule has 6 heteroatoms. The van der Waals surface area contributed by atoms with Crippen molar-refractivity contribution >= 4 is 23.0 Å². The Labute approximate surface area is 162 Å². The topological polar surface area (TPSA) is 113 Å². The van der Waals surface area contributed by atoms with E-state index in [0.717, 1.165) is 33.5 Å². The fraction of sp³-hybridized carbons (Fsp3) is 0. The Morgan fingerprint density at radius 2 is 1.79 bits per heavy atom. The van der Waals surface area contributed by atoms with Crippen molar-refractivity contribution in [1.82, 2.24) is 4.98 Å². The van der Waals surface area contributed by atoms with Crippen LogP contribution in [-0.4, -0.2) is 17.0 Å². The lowest BCUT2D eigenvalue weighted by Crippen LogP contribution is -2.10. The van der Waals surface area contributed by atoms with Crippen molar-refractivity contribution in [2.45, 2.75) is 0 Å². The Morgan fingerprint density at radius 3 is 2.54 bits per heavy atom. The van der Waals surface area contributed by atoms with E-state index in [-0.39, 0.29) is 5.84 Å². The molecule has 0 unspecified atom stereocenters. The van der Waals surface area contributed by atoms with Gasteiger partial charge in [-0.15, -0.1) is 0 Å². The number of hydrogen-bond acceptors (Lipinski definition) is 4. The molecule has 0 saturated carbocycles. The standard InChI is InChI=1S/C22H19N5O/c23-22(24)17-5-4-16-11-20(27-21(16)12-17)15-6-8-18(9-7-15)28-19-3-1-2-14(10-19)13-26-25/h1-13,27H,25H2,(H3,23,24).